The molecule has 1 atom stereocenters. The molecule has 0 fully saturated rings. The van der Waals surface area contributed by atoms with Crippen LogP contribution in [-0.2, 0) is 5.66 Å². The number of nitrogens with two attached hydrogens (primary N) is 1. The van der Waals surface area contributed by atoms with E-state index < -0.39 is 5.66 Å². The second-order valence-corrected chi connectivity index (χ2v) is 7.63. The average Bonchev–Trinajstić information content (AvgIpc) is 3.41. The fraction of sp³-hybridized carbons (Fsp3) is 0.316. The molecule has 4 aromatic rings. The maximum Gasteiger partial charge on any atom is 0.201 e. The van der Waals surface area contributed by atoms with Gasteiger partial charge < -0.3 is 5.32 Å². The van der Waals surface area contributed by atoms with Crippen LogP contribution in [0.1, 0.15) is 44.0 Å². The lowest BCUT2D eigenvalue weighted by Gasteiger charge is -2.24. The number of hydrogen-bond donors (Lipinski definition) is 3. The second kappa shape index (κ2) is 5.98. The lowest BCUT2D eigenvalue weighted by atomic mass is 10.1. The van der Waals surface area contributed by atoms with Gasteiger partial charge in [-0.2, -0.15) is 9.78 Å². The number of rotatable bonds is 4. The third-order valence-corrected chi connectivity index (χ3v) is 5.25. The topological polar surface area (TPSA) is 127 Å². The number of hydrogen-bond acceptors (Lipinski definition) is 7. The number of anilines is 1. The normalized spacial score (nSPS) is 18.5. The molecule has 10 nitrogen and oxygen atoms in total. The minimum absolute atomic E-state index is 0.231. The third-order valence-electron chi connectivity index (χ3n) is 5.25. The van der Waals surface area contributed by atoms with E-state index in [1.807, 2.05) is 48.7 Å². The molecule has 0 aliphatic carbocycles. The Labute approximate surface area is 166 Å². The molecule has 0 radical (unpaired) electrons. The molecule has 1 unspecified atom stereocenters. The summed E-state index contributed by atoms with van der Waals surface area (Å²) in [5.41, 5.74) is 9.63. The van der Waals surface area contributed by atoms with Gasteiger partial charge in [0.25, 0.3) is 0 Å². The van der Waals surface area contributed by atoms with Crippen LogP contribution in [-0.4, -0.2) is 40.4 Å². The highest BCUT2D eigenvalue weighted by molar-refractivity contribution is 5.96. The number of benzene rings is 1. The fourth-order valence-corrected chi connectivity index (χ4v) is 3.61. The summed E-state index contributed by atoms with van der Waals surface area (Å²) < 4.78 is 3.58. The molecule has 3 aromatic heterocycles. The van der Waals surface area contributed by atoms with E-state index >= 15 is 0 Å². The van der Waals surface area contributed by atoms with Gasteiger partial charge in [-0.15, -0.1) is 20.4 Å². The van der Waals surface area contributed by atoms with Crippen molar-refractivity contribution in [2.24, 2.45) is 10.8 Å². The summed E-state index contributed by atoms with van der Waals surface area (Å²) in [6.45, 7) is 7.99. The van der Waals surface area contributed by atoms with Crippen molar-refractivity contribution in [3.63, 3.8) is 0 Å². The van der Waals surface area contributed by atoms with Gasteiger partial charge in [-0.05, 0) is 13.8 Å². The van der Waals surface area contributed by atoms with E-state index in [1.54, 1.807) is 4.68 Å². The van der Waals surface area contributed by atoms with Crippen LogP contribution in [0.5, 0.6) is 0 Å². The van der Waals surface area contributed by atoms with Gasteiger partial charge in [0.2, 0.25) is 11.5 Å². The van der Waals surface area contributed by atoms with Crippen molar-refractivity contribution in [2.45, 2.75) is 39.3 Å². The van der Waals surface area contributed by atoms with E-state index in [9.17, 15) is 0 Å². The first-order chi connectivity index (χ1) is 13.9. The molecule has 1 aliphatic rings. The number of aromatic amines is 1. The molecule has 0 saturated heterocycles. The van der Waals surface area contributed by atoms with Crippen LogP contribution in [0.3, 0.4) is 0 Å². The Morgan fingerprint density at radius 3 is 2.55 bits per heavy atom. The van der Waals surface area contributed by atoms with Gasteiger partial charge >= 0.3 is 0 Å². The quantitative estimate of drug-likeness (QED) is 0.459. The Morgan fingerprint density at radius 1 is 1.07 bits per heavy atom. The zero-order valence-corrected chi connectivity index (χ0v) is 16.7. The lowest BCUT2D eigenvalue weighted by molar-refractivity contribution is 0.641. The monoisotopic (exact) mass is 390 g/mol. The molecular formula is C19H22N10. The average molecular weight is 390 g/mol. The molecule has 0 bridgehead atoms. The summed E-state index contributed by atoms with van der Waals surface area (Å²) in [6, 6.07) is 9.80. The molecule has 4 N–H and O–H groups in total. The van der Waals surface area contributed by atoms with Crippen LogP contribution in [0.4, 0.5) is 5.69 Å². The van der Waals surface area contributed by atoms with Gasteiger partial charge in [-0.1, -0.05) is 44.2 Å². The fourth-order valence-electron chi connectivity index (χ4n) is 3.61. The van der Waals surface area contributed by atoms with E-state index in [2.05, 4.69) is 49.8 Å². The number of fused-ring (bicyclic) bond motifs is 2. The maximum atomic E-state index is 6.79. The molecule has 1 aliphatic heterocycles. The van der Waals surface area contributed by atoms with E-state index in [-0.39, 0.29) is 5.92 Å². The van der Waals surface area contributed by atoms with Crippen molar-refractivity contribution in [3.05, 3.63) is 47.7 Å². The largest absolute Gasteiger partial charge is 0.352 e. The van der Waals surface area contributed by atoms with E-state index in [0.717, 1.165) is 22.8 Å². The molecule has 0 spiro atoms. The van der Waals surface area contributed by atoms with Gasteiger partial charge in [0.15, 0.2) is 17.3 Å². The number of nitrogens with zero attached hydrogens (tertiary/aromatic N) is 7. The molecule has 0 amide bonds. The third kappa shape index (κ3) is 2.42. The Morgan fingerprint density at radius 2 is 1.83 bits per heavy atom. The number of nitrogens with one attached hydrogen (secondary N) is 2. The molecule has 29 heavy (non-hydrogen) atoms. The molecule has 0 saturated carbocycles. The van der Waals surface area contributed by atoms with Crippen LogP contribution >= 0.6 is 0 Å². The first kappa shape index (κ1) is 17.6. The number of aryl methyl sites for hydroxylation is 1. The SMILES string of the molecule is CC1=Nn2c(-c3ccccc3)nnc2C1(N)Nc1c(C)[nH]n2c(C(C)C)nnc12. The highest BCUT2D eigenvalue weighted by Crippen LogP contribution is 2.33. The Kier molecular flexibility index (Phi) is 3.62. The highest BCUT2D eigenvalue weighted by atomic mass is 15.5. The summed E-state index contributed by atoms with van der Waals surface area (Å²) in [5.74, 6) is 2.26. The summed E-state index contributed by atoms with van der Waals surface area (Å²) >= 11 is 0. The van der Waals surface area contributed by atoms with Gasteiger partial charge in [0, 0.05) is 11.5 Å². The van der Waals surface area contributed by atoms with Gasteiger partial charge in [0.1, 0.15) is 5.69 Å². The van der Waals surface area contributed by atoms with E-state index in [0.29, 0.717) is 23.0 Å². The van der Waals surface area contributed by atoms with Gasteiger partial charge in [-0.3, -0.25) is 10.8 Å². The number of aromatic nitrogens is 7. The van der Waals surface area contributed by atoms with Crippen molar-refractivity contribution >= 4 is 17.0 Å². The lowest BCUT2D eigenvalue weighted by Crippen LogP contribution is -2.49. The Hall–Kier alpha value is -3.53. The van der Waals surface area contributed by atoms with Crippen LogP contribution in [0.2, 0.25) is 0 Å². The van der Waals surface area contributed by atoms with Crippen molar-refractivity contribution in [1.82, 2.24) is 34.7 Å². The zero-order chi connectivity index (χ0) is 20.3. The van der Waals surface area contributed by atoms with Gasteiger partial charge in [-0.25, -0.2) is 4.52 Å². The summed E-state index contributed by atoms with van der Waals surface area (Å²) in [6.07, 6.45) is 0. The second-order valence-electron chi connectivity index (χ2n) is 7.63. The molecule has 1 aromatic carbocycles. The summed E-state index contributed by atoms with van der Waals surface area (Å²) in [5, 5.41) is 28.7. The summed E-state index contributed by atoms with van der Waals surface area (Å²) in [4.78, 5) is 0. The van der Waals surface area contributed by atoms with Crippen molar-refractivity contribution in [2.75, 3.05) is 5.32 Å². The molecular weight excluding hydrogens is 368 g/mol. The zero-order valence-electron chi connectivity index (χ0n) is 16.7. The van der Waals surface area contributed by atoms with Crippen molar-refractivity contribution in [3.8, 4) is 11.4 Å². The Balaban J connectivity index is 1.59. The predicted octanol–water partition coefficient (Wildman–Crippen LogP) is 2.21. The molecule has 148 valence electrons. The molecule has 4 heterocycles. The van der Waals surface area contributed by atoms with Crippen LogP contribution in [0.25, 0.3) is 17.0 Å². The van der Waals surface area contributed by atoms with Crippen LogP contribution < -0.4 is 11.1 Å². The van der Waals surface area contributed by atoms with Crippen molar-refractivity contribution < 1.29 is 0 Å². The van der Waals surface area contributed by atoms with Crippen LogP contribution in [0, 0.1) is 6.92 Å². The Bertz CT molecular complexity index is 1240. The van der Waals surface area contributed by atoms with Crippen LogP contribution in [0.15, 0.2) is 35.4 Å². The van der Waals surface area contributed by atoms with E-state index in [4.69, 9.17) is 5.73 Å². The smallest absolute Gasteiger partial charge is 0.201 e. The van der Waals surface area contributed by atoms with E-state index in [1.165, 1.54) is 0 Å². The molecule has 5 rings (SSSR count). The molecule has 10 heteroatoms. The minimum Gasteiger partial charge on any atom is -0.352 e. The minimum atomic E-state index is -1.11. The first-order valence-electron chi connectivity index (χ1n) is 9.48. The standard InChI is InChI=1S/C19H22N10/c1-10(2)15-22-24-17-14(11(3)26-28(15)17)21-19(20)12(4)27-29-16(23-25-18(19)29)13-8-6-5-7-9-13/h5-10,21,26H,20H2,1-4H3. The first-order valence-corrected chi connectivity index (χ1v) is 9.48. The maximum absolute atomic E-state index is 6.79. The summed E-state index contributed by atoms with van der Waals surface area (Å²) in [7, 11) is 0. The van der Waals surface area contributed by atoms with Crippen molar-refractivity contribution in [1.29, 1.82) is 0 Å². The highest BCUT2D eigenvalue weighted by Gasteiger charge is 2.43. The number of H-pyrrole nitrogens is 1. The van der Waals surface area contributed by atoms with Gasteiger partial charge in [0.05, 0.1) is 11.4 Å². The predicted molar refractivity (Wildman–Crippen MR) is 110 cm³/mol.